The molecule has 0 atom stereocenters. The SMILES string of the molecule is CC(C)CCCC1(O)CC(C(=O)O)C1. The molecule has 3 heteroatoms. The molecule has 0 unspecified atom stereocenters. The Morgan fingerprint density at radius 3 is 2.50 bits per heavy atom. The van der Waals surface area contributed by atoms with Crippen LogP contribution in [0.5, 0.6) is 0 Å². The molecule has 0 amide bonds. The summed E-state index contributed by atoms with van der Waals surface area (Å²) >= 11 is 0. The van der Waals surface area contributed by atoms with Gasteiger partial charge < -0.3 is 10.2 Å². The number of carbonyl (C=O) groups is 1. The van der Waals surface area contributed by atoms with E-state index in [4.69, 9.17) is 5.11 Å². The molecule has 82 valence electrons. The summed E-state index contributed by atoms with van der Waals surface area (Å²) in [6.07, 6.45) is 3.76. The molecule has 1 aliphatic rings. The van der Waals surface area contributed by atoms with Crippen molar-refractivity contribution in [3.63, 3.8) is 0 Å². The summed E-state index contributed by atoms with van der Waals surface area (Å²) in [6, 6.07) is 0. The highest BCUT2D eigenvalue weighted by Gasteiger charge is 2.45. The summed E-state index contributed by atoms with van der Waals surface area (Å²) < 4.78 is 0. The third-order valence-corrected chi connectivity index (χ3v) is 3.03. The van der Waals surface area contributed by atoms with Crippen LogP contribution in [-0.4, -0.2) is 21.8 Å². The van der Waals surface area contributed by atoms with Crippen molar-refractivity contribution in [2.45, 2.75) is 51.6 Å². The van der Waals surface area contributed by atoms with Gasteiger partial charge in [0.05, 0.1) is 11.5 Å². The van der Waals surface area contributed by atoms with Gasteiger partial charge in [-0.25, -0.2) is 0 Å². The first-order chi connectivity index (χ1) is 6.43. The van der Waals surface area contributed by atoms with Gasteiger partial charge in [0.1, 0.15) is 0 Å². The fraction of sp³-hybridized carbons (Fsp3) is 0.909. The van der Waals surface area contributed by atoms with E-state index in [2.05, 4.69) is 13.8 Å². The highest BCUT2D eigenvalue weighted by molar-refractivity contribution is 5.71. The highest BCUT2D eigenvalue weighted by Crippen LogP contribution is 2.41. The molecule has 1 aliphatic carbocycles. The lowest BCUT2D eigenvalue weighted by atomic mass is 9.68. The van der Waals surface area contributed by atoms with Crippen LogP contribution in [0.4, 0.5) is 0 Å². The molecule has 2 N–H and O–H groups in total. The monoisotopic (exact) mass is 200 g/mol. The summed E-state index contributed by atoms with van der Waals surface area (Å²) in [5.41, 5.74) is -0.669. The number of rotatable bonds is 5. The Morgan fingerprint density at radius 2 is 2.07 bits per heavy atom. The van der Waals surface area contributed by atoms with E-state index >= 15 is 0 Å². The van der Waals surface area contributed by atoms with Crippen LogP contribution in [0.3, 0.4) is 0 Å². The lowest BCUT2D eigenvalue weighted by molar-refractivity contribution is -0.159. The van der Waals surface area contributed by atoms with Gasteiger partial charge in [-0.2, -0.15) is 0 Å². The molecular weight excluding hydrogens is 180 g/mol. The molecule has 0 spiro atoms. The second kappa shape index (κ2) is 4.30. The zero-order valence-corrected chi connectivity index (χ0v) is 8.99. The molecular formula is C11H20O3. The van der Waals surface area contributed by atoms with Gasteiger partial charge in [-0.05, 0) is 25.2 Å². The van der Waals surface area contributed by atoms with Gasteiger partial charge >= 0.3 is 5.97 Å². The standard InChI is InChI=1S/C11H20O3/c1-8(2)4-3-5-11(14)6-9(7-11)10(12)13/h8-9,14H,3-7H2,1-2H3,(H,12,13). The van der Waals surface area contributed by atoms with E-state index in [9.17, 15) is 9.90 Å². The van der Waals surface area contributed by atoms with Gasteiger partial charge in [0, 0.05) is 0 Å². The molecule has 3 nitrogen and oxygen atoms in total. The van der Waals surface area contributed by atoms with Crippen molar-refractivity contribution in [2.75, 3.05) is 0 Å². The molecule has 0 bridgehead atoms. The number of hydrogen-bond donors (Lipinski definition) is 2. The first-order valence-electron chi connectivity index (χ1n) is 5.38. The van der Waals surface area contributed by atoms with Crippen LogP contribution in [0.2, 0.25) is 0 Å². The first-order valence-corrected chi connectivity index (χ1v) is 5.38. The van der Waals surface area contributed by atoms with Gasteiger partial charge in [-0.15, -0.1) is 0 Å². The van der Waals surface area contributed by atoms with E-state index in [1.165, 1.54) is 0 Å². The Balaban J connectivity index is 2.17. The van der Waals surface area contributed by atoms with Crippen molar-refractivity contribution < 1.29 is 15.0 Å². The average molecular weight is 200 g/mol. The van der Waals surface area contributed by atoms with Crippen LogP contribution >= 0.6 is 0 Å². The maximum atomic E-state index is 10.5. The van der Waals surface area contributed by atoms with E-state index in [0.717, 1.165) is 19.3 Å². The van der Waals surface area contributed by atoms with Crippen LogP contribution in [0.1, 0.15) is 46.0 Å². The van der Waals surface area contributed by atoms with E-state index < -0.39 is 11.6 Å². The summed E-state index contributed by atoms with van der Waals surface area (Å²) in [5.74, 6) is -0.411. The smallest absolute Gasteiger partial charge is 0.306 e. The Kier molecular flexibility index (Phi) is 3.53. The second-order valence-electron chi connectivity index (χ2n) is 4.95. The minimum atomic E-state index is -0.765. The molecule has 1 saturated carbocycles. The third kappa shape index (κ3) is 2.98. The molecule has 0 heterocycles. The predicted octanol–water partition coefficient (Wildman–Crippen LogP) is 2.04. The largest absolute Gasteiger partial charge is 0.481 e. The number of carboxylic acids is 1. The maximum absolute atomic E-state index is 10.5. The van der Waals surface area contributed by atoms with E-state index in [1.54, 1.807) is 0 Å². The van der Waals surface area contributed by atoms with Gasteiger partial charge in [0.2, 0.25) is 0 Å². The van der Waals surface area contributed by atoms with Gasteiger partial charge in [-0.1, -0.05) is 26.7 Å². The molecule has 14 heavy (non-hydrogen) atoms. The number of hydrogen-bond acceptors (Lipinski definition) is 2. The minimum Gasteiger partial charge on any atom is -0.481 e. The van der Waals surface area contributed by atoms with Crippen LogP contribution < -0.4 is 0 Å². The van der Waals surface area contributed by atoms with Gasteiger partial charge in [0.15, 0.2) is 0 Å². The number of aliphatic hydroxyl groups is 1. The normalized spacial score (nSPS) is 31.6. The molecule has 0 aromatic heterocycles. The Morgan fingerprint density at radius 1 is 1.50 bits per heavy atom. The van der Waals surface area contributed by atoms with Crippen LogP contribution in [0, 0.1) is 11.8 Å². The van der Waals surface area contributed by atoms with E-state index in [1.807, 2.05) is 0 Å². The van der Waals surface area contributed by atoms with Crippen molar-refractivity contribution >= 4 is 5.97 Å². The quantitative estimate of drug-likeness (QED) is 0.714. The molecule has 0 aliphatic heterocycles. The lowest BCUT2D eigenvalue weighted by Gasteiger charge is -2.41. The zero-order valence-electron chi connectivity index (χ0n) is 8.99. The van der Waals surface area contributed by atoms with Crippen molar-refractivity contribution in [1.29, 1.82) is 0 Å². The summed E-state index contributed by atoms with van der Waals surface area (Å²) in [5, 5.41) is 18.5. The summed E-state index contributed by atoms with van der Waals surface area (Å²) in [4.78, 5) is 10.5. The Hall–Kier alpha value is -0.570. The Labute approximate surface area is 85.1 Å². The lowest BCUT2D eigenvalue weighted by Crippen LogP contribution is -2.46. The van der Waals surface area contributed by atoms with Crippen LogP contribution in [0.15, 0.2) is 0 Å². The van der Waals surface area contributed by atoms with Crippen molar-refractivity contribution in [2.24, 2.45) is 11.8 Å². The topological polar surface area (TPSA) is 57.5 Å². The first kappa shape index (κ1) is 11.5. The van der Waals surface area contributed by atoms with Crippen LogP contribution in [0.25, 0.3) is 0 Å². The van der Waals surface area contributed by atoms with E-state index in [-0.39, 0.29) is 5.92 Å². The van der Waals surface area contributed by atoms with Crippen molar-refractivity contribution in [3.8, 4) is 0 Å². The predicted molar refractivity (Wildman–Crippen MR) is 54.0 cm³/mol. The molecule has 0 saturated heterocycles. The number of aliphatic carboxylic acids is 1. The molecule has 1 rings (SSSR count). The van der Waals surface area contributed by atoms with Crippen molar-refractivity contribution in [1.82, 2.24) is 0 Å². The third-order valence-electron chi connectivity index (χ3n) is 3.03. The maximum Gasteiger partial charge on any atom is 0.306 e. The molecule has 1 fully saturated rings. The Bertz CT molecular complexity index is 205. The number of carboxylic acid groups (broad SMARTS) is 1. The molecule has 0 aromatic carbocycles. The molecule has 0 aromatic rings. The van der Waals surface area contributed by atoms with Gasteiger partial charge in [-0.3, -0.25) is 4.79 Å². The van der Waals surface area contributed by atoms with Crippen molar-refractivity contribution in [3.05, 3.63) is 0 Å². The average Bonchev–Trinajstić information content (AvgIpc) is 1.98. The fourth-order valence-electron chi connectivity index (χ4n) is 2.08. The molecule has 0 radical (unpaired) electrons. The summed E-state index contributed by atoms with van der Waals surface area (Å²) in [7, 11) is 0. The van der Waals surface area contributed by atoms with Crippen LogP contribution in [-0.2, 0) is 4.79 Å². The zero-order chi connectivity index (χ0) is 10.8. The second-order valence-corrected chi connectivity index (χ2v) is 4.95. The summed E-state index contributed by atoms with van der Waals surface area (Å²) in [6.45, 7) is 4.32. The van der Waals surface area contributed by atoms with Gasteiger partial charge in [0.25, 0.3) is 0 Å². The van der Waals surface area contributed by atoms with E-state index in [0.29, 0.717) is 18.8 Å². The minimum absolute atomic E-state index is 0.306. The highest BCUT2D eigenvalue weighted by atomic mass is 16.4. The fourth-order valence-corrected chi connectivity index (χ4v) is 2.08.